The molecule has 1 aromatic heterocycles. The van der Waals surface area contributed by atoms with Gasteiger partial charge in [-0.05, 0) is 37.9 Å². The van der Waals surface area contributed by atoms with E-state index in [1.54, 1.807) is 12.3 Å². The summed E-state index contributed by atoms with van der Waals surface area (Å²) in [6.07, 6.45) is 2.73. The lowest BCUT2D eigenvalue weighted by Crippen LogP contribution is -2.57. The van der Waals surface area contributed by atoms with Gasteiger partial charge >= 0.3 is 0 Å². The van der Waals surface area contributed by atoms with Gasteiger partial charge in [0.05, 0.1) is 5.56 Å². The Morgan fingerprint density at radius 1 is 1.27 bits per heavy atom. The number of carbonyl (C=O) groups is 1. The van der Waals surface area contributed by atoms with E-state index in [0.29, 0.717) is 16.9 Å². The topological polar surface area (TPSA) is 56.4 Å². The summed E-state index contributed by atoms with van der Waals surface area (Å²) >= 11 is 0. The summed E-state index contributed by atoms with van der Waals surface area (Å²) in [6, 6.07) is 7.34. The van der Waals surface area contributed by atoms with Crippen molar-refractivity contribution in [2.45, 2.75) is 20.3 Å². The zero-order valence-electron chi connectivity index (χ0n) is 16.0. The van der Waals surface area contributed by atoms with Crippen molar-refractivity contribution < 1.29 is 4.79 Å². The van der Waals surface area contributed by atoms with Crippen molar-refractivity contribution in [3.63, 3.8) is 0 Å². The number of amides is 1. The molecule has 0 bridgehead atoms. The minimum atomic E-state index is -0.149. The highest BCUT2D eigenvalue weighted by molar-refractivity contribution is 6.06. The fourth-order valence-electron chi connectivity index (χ4n) is 5.68. The van der Waals surface area contributed by atoms with E-state index in [1.807, 2.05) is 23.1 Å². The SMILES string of the molecule is CN(C)C[C@@]12CN(C(=O)c3c[nH]c(=O)c4ccccc34)C[C@@H]1C(C)(C)C2. The van der Waals surface area contributed by atoms with Crippen molar-refractivity contribution in [2.24, 2.45) is 16.7 Å². The molecule has 138 valence electrons. The Labute approximate surface area is 154 Å². The van der Waals surface area contributed by atoms with Gasteiger partial charge in [-0.25, -0.2) is 0 Å². The van der Waals surface area contributed by atoms with E-state index < -0.39 is 0 Å². The lowest BCUT2D eigenvalue weighted by molar-refractivity contribution is -0.0789. The molecule has 2 heterocycles. The number of H-pyrrole nitrogens is 1. The lowest BCUT2D eigenvalue weighted by atomic mass is 9.48. The largest absolute Gasteiger partial charge is 0.338 e. The molecule has 5 nitrogen and oxygen atoms in total. The Kier molecular flexibility index (Phi) is 3.77. The highest BCUT2D eigenvalue weighted by atomic mass is 16.2. The molecule has 1 aliphatic heterocycles. The molecule has 1 saturated carbocycles. The number of likely N-dealkylation sites (tertiary alicyclic amines) is 1. The molecule has 1 saturated heterocycles. The third-order valence-electron chi connectivity index (χ3n) is 6.36. The van der Waals surface area contributed by atoms with E-state index in [1.165, 1.54) is 0 Å². The molecular weight excluding hydrogens is 326 g/mol. The van der Waals surface area contributed by atoms with Gasteiger partial charge in [-0.3, -0.25) is 9.59 Å². The number of benzene rings is 1. The van der Waals surface area contributed by atoms with E-state index >= 15 is 0 Å². The molecule has 1 N–H and O–H groups in total. The van der Waals surface area contributed by atoms with Crippen LogP contribution in [-0.2, 0) is 0 Å². The van der Waals surface area contributed by atoms with Crippen LogP contribution in [0.4, 0.5) is 0 Å². The fourth-order valence-corrected chi connectivity index (χ4v) is 5.68. The van der Waals surface area contributed by atoms with E-state index in [4.69, 9.17) is 0 Å². The number of nitrogens with one attached hydrogen (secondary N) is 1. The highest BCUT2D eigenvalue weighted by Crippen LogP contribution is 2.62. The van der Waals surface area contributed by atoms with Gasteiger partial charge in [-0.15, -0.1) is 0 Å². The average molecular weight is 353 g/mol. The van der Waals surface area contributed by atoms with Crippen LogP contribution < -0.4 is 5.56 Å². The number of hydrogen-bond acceptors (Lipinski definition) is 3. The molecule has 26 heavy (non-hydrogen) atoms. The van der Waals surface area contributed by atoms with Crippen molar-refractivity contribution in [3.8, 4) is 0 Å². The van der Waals surface area contributed by atoms with Gasteiger partial charge in [-0.1, -0.05) is 32.0 Å². The Morgan fingerprint density at radius 2 is 1.96 bits per heavy atom. The number of rotatable bonds is 3. The number of fused-ring (bicyclic) bond motifs is 2. The molecule has 2 aromatic rings. The third-order valence-corrected chi connectivity index (χ3v) is 6.36. The van der Waals surface area contributed by atoms with Crippen LogP contribution in [0.3, 0.4) is 0 Å². The van der Waals surface area contributed by atoms with Crippen molar-refractivity contribution in [1.82, 2.24) is 14.8 Å². The molecule has 1 aliphatic carbocycles. The first-order chi connectivity index (χ1) is 12.2. The molecule has 2 aliphatic rings. The summed E-state index contributed by atoms with van der Waals surface area (Å²) in [7, 11) is 4.22. The van der Waals surface area contributed by atoms with Crippen LogP contribution in [0.5, 0.6) is 0 Å². The van der Waals surface area contributed by atoms with Crippen LogP contribution in [0, 0.1) is 16.7 Å². The molecule has 1 amide bonds. The van der Waals surface area contributed by atoms with Gasteiger partial charge in [-0.2, -0.15) is 0 Å². The summed E-state index contributed by atoms with van der Waals surface area (Å²) in [4.78, 5) is 32.4. The standard InChI is InChI=1S/C21H27N3O2/c1-20(2)11-21(12-23(3)4)13-24(10-17(20)21)19(26)16-9-22-18(25)15-8-6-5-7-14(15)16/h5-9,17H,10-13H2,1-4H3,(H,22,25)/t17-,21+/m1/s1. The van der Waals surface area contributed by atoms with Gasteiger partial charge < -0.3 is 14.8 Å². The normalized spacial score (nSPS) is 26.8. The summed E-state index contributed by atoms with van der Waals surface area (Å²) in [5.41, 5.74) is 0.918. The number of aromatic nitrogens is 1. The first-order valence-corrected chi connectivity index (χ1v) is 9.28. The lowest BCUT2D eigenvalue weighted by Gasteiger charge is -2.57. The smallest absolute Gasteiger partial charge is 0.255 e. The summed E-state index contributed by atoms with van der Waals surface area (Å²) < 4.78 is 0. The van der Waals surface area contributed by atoms with Crippen molar-refractivity contribution in [1.29, 1.82) is 0 Å². The maximum Gasteiger partial charge on any atom is 0.255 e. The highest BCUT2D eigenvalue weighted by Gasteiger charge is 2.63. The Bertz CT molecular complexity index is 926. The van der Waals surface area contributed by atoms with Crippen LogP contribution in [0.15, 0.2) is 35.3 Å². The van der Waals surface area contributed by atoms with Crippen LogP contribution in [0.1, 0.15) is 30.6 Å². The Balaban J connectivity index is 1.69. The monoisotopic (exact) mass is 353 g/mol. The molecule has 5 heteroatoms. The number of pyridine rings is 1. The van der Waals surface area contributed by atoms with Gasteiger partial charge in [0.2, 0.25) is 0 Å². The summed E-state index contributed by atoms with van der Waals surface area (Å²) in [5.74, 6) is 0.552. The Hall–Kier alpha value is -2.14. The first-order valence-electron chi connectivity index (χ1n) is 9.28. The first kappa shape index (κ1) is 17.3. The quantitative estimate of drug-likeness (QED) is 0.923. The maximum absolute atomic E-state index is 13.3. The second kappa shape index (κ2) is 5.68. The zero-order valence-corrected chi connectivity index (χ0v) is 16.0. The number of hydrogen-bond donors (Lipinski definition) is 1. The molecule has 2 atom stereocenters. The van der Waals surface area contributed by atoms with Crippen molar-refractivity contribution >= 4 is 16.7 Å². The van der Waals surface area contributed by atoms with E-state index in [0.717, 1.165) is 31.4 Å². The summed E-state index contributed by atoms with van der Waals surface area (Å²) in [5, 5.41) is 1.31. The molecule has 0 unspecified atom stereocenters. The van der Waals surface area contributed by atoms with Crippen LogP contribution >= 0.6 is 0 Å². The zero-order chi connectivity index (χ0) is 18.7. The molecule has 0 radical (unpaired) electrons. The minimum absolute atomic E-state index is 0.0285. The molecule has 2 fully saturated rings. The maximum atomic E-state index is 13.3. The van der Waals surface area contributed by atoms with Crippen molar-refractivity contribution in [3.05, 3.63) is 46.4 Å². The second-order valence-electron chi connectivity index (χ2n) is 9.08. The number of nitrogens with zero attached hydrogens (tertiary/aromatic N) is 2. The second-order valence-corrected chi connectivity index (χ2v) is 9.08. The molecule has 0 spiro atoms. The van der Waals surface area contributed by atoms with Crippen molar-refractivity contribution in [2.75, 3.05) is 33.7 Å². The molecular formula is C21H27N3O2. The summed E-state index contributed by atoms with van der Waals surface area (Å²) in [6.45, 7) is 7.24. The van der Waals surface area contributed by atoms with Crippen LogP contribution in [0.2, 0.25) is 0 Å². The van der Waals surface area contributed by atoms with E-state index in [2.05, 4.69) is 37.8 Å². The van der Waals surface area contributed by atoms with Gasteiger partial charge in [0.15, 0.2) is 0 Å². The third kappa shape index (κ3) is 2.49. The molecule has 1 aromatic carbocycles. The number of carbonyl (C=O) groups excluding carboxylic acids is 1. The predicted molar refractivity (Wildman–Crippen MR) is 103 cm³/mol. The molecule has 4 rings (SSSR count). The predicted octanol–water partition coefficient (Wildman–Crippen LogP) is 2.58. The Morgan fingerprint density at radius 3 is 2.62 bits per heavy atom. The van der Waals surface area contributed by atoms with Crippen LogP contribution in [-0.4, -0.2) is 54.4 Å². The van der Waals surface area contributed by atoms with Gasteiger partial charge in [0, 0.05) is 42.0 Å². The minimum Gasteiger partial charge on any atom is -0.338 e. The fraction of sp³-hybridized carbons (Fsp3) is 0.524. The average Bonchev–Trinajstić information content (AvgIpc) is 2.88. The number of aromatic amines is 1. The van der Waals surface area contributed by atoms with Gasteiger partial charge in [0.1, 0.15) is 0 Å². The van der Waals surface area contributed by atoms with E-state index in [-0.39, 0.29) is 22.3 Å². The van der Waals surface area contributed by atoms with Gasteiger partial charge in [0.25, 0.3) is 11.5 Å². The van der Waals surface area contributed by atoms with E-state index in [9.17, 15) is 9.59 Å². The van der Waals surface area contributed by atoms with Crippen LogP contribution in [0.25, 0.3) is 10.8 Å².